The maximum Gasteiger partial charge on any atom is 0.0658 e. The van der Waals surface area contributed by atoms with Crippen molar-refractivity contribution >= 4 is 46.4 Å². The van der Waals surface area contributed by atoms with Crippen LogP contribution >= 0.6 is 0 Å². The molecular formula is C25H17N5Pd. The van der Waals surface area contributed by atoms with Crippen LogP contribution in [0.1, 0.15) is 22.8 Å². The van der Waals surface area contributed by atoms with Gasteiger partial charge in [0.25, 0.3) is 0 Å². The van der Waals surface area contributed by atoms with E-state index in [0.717, 1.165) is 56.0 Å². The van der Waals surface area contributed by atoms with E-state index in [1.165, 1.54) is 0 Å². The number of H-pyrrole nitrogens is 2. The number of aromatic nitrogens is 5. The summed E-state index contributed by atoms with van der Waals surface area (Å²) in [6, 6.07) is 18.5. The molecule has 0 fully saturated rings. The van der Waals surface area contributed by atoms with Gasteiger partial charge in [0.05, 0.1) is 22.8 Å². The van der Waals surface area contributed by atoms with Crippen molar-refractivity contribution in [2.75, 3.05) is 0 Å². The Morgan fingerprint density at radius 3 is 1.71 bits per heavy atom. The molecule has 152 valence electrons. The third-order valence-electron chi connectivity index (χ3n) is 5.16. The van der Waals surface area contributed by atoms with Gasteiger partial charge < -0.3 is 9.97 Å². The van der Waals surface area contributed by atoms with Gasteiger partial charge in [-0.3, -0.25) is 4.98 Å². The van der Waals surface area contributed by atoms with Crippen LogP contribution in [0.4, 0.5) is 0 Å². The molecule has 6 heteroatoms. The zero-order valence-corrected chi connectivity index (χ0v) is 17.9. The maximum atomic E-state index is 4.76. The Morgan fingerprint density at radius 1 is 0.548 bits per heavy atom. The number of nitrogens with one attached hydrogen (secondary N) is 2. The van der Waals surface area contributed by atoms with Crippen molar-refractivity contribution in [1.82, 2.24) is 24.9 Å². The van der Waals surface area contributed by atoms with E-state index in [2.05, 4.69) is 45.3 Å². The second-order valence-corrected chi connectivity index (χ2v) is 7.32. The van der Waals surface area contributed by atoms with Crippen molar-refractivity contribution in [3.63, 3.8) is 0 Å². The quantitative estimate of drug-likeness (QED) is 0.288. The van der Waals surface area contributed by atoms with Gasteiger partial charge in [0.1, 0.15) is 0 Å². The first kappa shape index (κ1) is 19.4. The summed E-state index contributed by atoms with van der Waals surface area (Å²) in [6.45, 7) is 0. The summed E-state index contributed by atoms with van der Waals surface area (Å²) in [6.07, 6.45) is 11.7. The summed E-state index contributed by atoms with van der Waals surface area (Å²) < 4.78 is 0. The van der Waals surface area contributed by atoms with Gasteiger partial charge in [-0.1, -0.05) is 0 Å². The molecule has 4 aromatic heterocycles. The van der Waals surface area contributed by atoms with Crippen molar-refractivity contribution in [3.8, 4) is 11.1 Å². The van der Waals surface area contributed by atoms with E-state index < -0.39 is 0 Å². The predicted octanol–water partition coefficient (Wildman–Crippen LogP) is 5.72. The molecule has 4 aromatic rings. The Labute approximate surface area is 192 Å². The van der Waals surface area contributed by atoms with Crippen LogP contribution < -0.4 is 0 Å². The average molecular weight is 494 g/mol. The topological polar surface area (TPSA) is 70.2 Å². The van der Waals surface area contributed by atoms with Crippen molar-refractivity contribution < 1.29 is 20.4 Å². The molecular weight excluding hydrogens is 477 g/mol. The number of fused-ring (bicyclic) bond motifs is 8. The van der Waals surface area contributed by atoms with Crippen LogP contribution in [0.25, 0.3) is 57.5 Å². The summed E-state index contributed by atoms with van der Waals surface area (Å²) in [7, 11) is 0. The molecule has 0 saturated heterocycles. The zero-order chi connectivity index (χ0) is 19.9. The van der Waals surface area contributed by atoms with Crippen LogP contribution in [0.3, 0.4) is 0 Å². The molecule has 0 amide bonds. The number of hydrogen-bond donors (Lipinski definition) is 2. The fourth-order valence-electron chi connectivity index (χ4n) is 3.79. The summed E-state index contributed by atoms with van der Waals surface area (Å²) in [5, 5.41) is 0. The van der Waals surface area contributed by atoms with Crippen molar-refractivity contribution in [2.45, 2.75) is 0 Å². The molecule has 0 unspecified atom stereocenters. The van der Waals surface area contributed by atoms with E-state index in [1.54, 1.807) is 0 Å². The minimum atomic E-state index is 0. The van der Waals surface area contributed by atoms with Crippen LogP contribution in [-0.4, -0.2) is 24.9 Å². The monoisotopic (exact) mass is 493 g/mol. The summed E-state index contributed by atoms with van der Waals surface area (Å²) in [5.41, 5.74) is 9.88. The SMILES string of the molecule is C1=Cc2cc3cc(-c4ccncc4)c(cc4nc(cc5ccc(cc1n2)[nH]5)C=C4)[nH]3.[Pd]. The largest absolute Gasteiger partial charge is 0.355 e. The number of aromatic amines is 2. The van der Waals surface area contributed by atoms with Gasteiger partial charge in [-0.05, 0) is 84.5 Å². The van der Waals surface area contributed by atoms with Gasteiger partial charge >= 0.3 is 0 Å². The molecule has 8 bridgehead atoms. The van der Waals surface area contributed by atoms with Crippen LogP contribution in [0.15, 0.2) is 67.0 Å². The van der Waals surface area contributed by atoms with E-state index in [-0.39, 0.29) is 20.4 Å². The molecule has 5 nitrogen and oxygen atoms in total. The molecule has 0 atom stereocenters. The molecule has 0 aliphatic carbocycles. The van der Waals surface area contributed by atoms with Crippen LogP contribution in [-0.2, 0) is 20.4 Å². The Hall–Kier alpha value is -3.59. The normalized spacial score (nSPS) is 12.0. The summed E-state index contributed by atoms with van der Waals surface area (Å²) >= 11 is 0. The smallest absolute Gasteiger partial charge is 0.0658 e. The first-order valence-electron chi connectivity index (χ1n) is 9.77. The van der Waals surface area contributed by atoms with Crippen LogP contribution in [0.2, 0.25) is 0 Å². The minimum absolute atomic E-state index is 0. The predicted molar refractivity (Wildman–Crippen MR) is 122 cm³/mol. The van der Waals surface area contributed by atoms with Crippen molar-refractivity contribution in [3.05, 3.63) is 89.8 Å². The molecule has 0 saturated carbocycles. The second-order valence-electron chi connectivity index (χ2n) is 7.32. The molecule has 2 N–H and O–H groups in total. The average Bonchev–Trinajstić information content (AvgIpc) is 3.53. The van der Waals surface area contributed by atoms with Gasteiger partial charge in [-0.25, -0.2) is 9.97 Å². The summed E-state index contributed by atoms with van der Waals surface area (Å²) in [4.78, 5) is 20.6. The van der Waals surface area contributed by atoms with E-state index in [4.69, 9.17) is 9.97 Å². The molecule has 6 heterocycles. The number of pyridine rings is 1. The summed E-state index contributed by atoms with van der Waals surface area (Å²) in [5.74, 6) is 0. The van der Waals surface area contributed by atoms with Crippen LogP contribution in [0, 0.1) is 0 Å². The molecule has 2 aliphatic heterocycles. The molecule has 31 heavy (non-hydrogen) atoms. The molecule has 0 aromatic carbocycles. The van der Waals surface area contributed by atoms with E-state index in [0.29, 0.717) is 0 Å². The fraction of sp³-hybridized carbons (Fsp3) is 0. The van der Waals surface area contributed by atoms with Gasteiger partial charge in [-0.2, -0.15) is 0 Å². The third kappa shape index (κ3) is 3.91. The Bertz CT molecular complexity index is 1490. The van der Waals surface area contributed by atoms with E-state index in [9.17, 15) is 0 Å². The zero-order valence-electron chi connectivity index (χ0n) is 16.3. The fourth-order valence-corrected chi connectivity index (χ4v) is 3.79. The molecule has 6 rings (SSSR count). The van der Waals surface area contributed by atoms with Crippen molar-refractivity contribution in [2.24, 2.45) is 0 Å². The van der Waals surface area contributed by atoms with Gasteiger partial charge in [0.2, 0.25) is 0 Å². The maximum absolute atomic E-state index is 4.76. The molecule has 0 spiro atoms. The second kappa shape index (κ2) is 7.92. The Morgan fingerprint density at radius 2 is 1.10 bits per heavy atom. The van der Waals surface area contributed by atoms with Crippen LogP contribution in [0.5, 0.6) is 0 Å². The van der Waals surface area contributed by atoms with Gasteiger partial charge in [0.15, 0.2) is 0 Å². The Balaban J connectivity index is 0.00000204. The molecule has 0 radical (unpaired) electrons. The number of hydrogen-bond acceptors (Lipinski definition) is 3. The van der Waals surface area contributed by atoms with E-state index >= 15 is 0 Å². The van der Waals surface area contributed by atoms with Crippen molar-refractivity contribution in [1.29, 1.82) is 0 Å². The first-order chi connectivity index (χ1) is 14.8. The van der Waals surface area contributed by atoms with E-state index in [1.807, 2.05) is 61.0 Å². The van der Waals surface area contributed by atoms with Gasteiger partial charge in [0, 0.05) is 60.4 Å². The standard InChI is InChI=1S/C25H17N5.Pd/c1-2-18-12-20-5-6-22(29-20)15-25-24(16-7-9-26-10-8-16)14-23(30-25)13-21-4-3-19(28-21)11-17(1)27-18;/h1-15,27,30H;. The number of nitrogens with zero attached hydrogens (tertiary/aromatic N) is 3. The molecule has 2 aliphatic rings. The van der Waals surface area contributed by atoms with Gasteiger partial charge in [-0.15, -0.1) is 0 Å². The minimum Gasteiger partial charge on any atom is -0.355 e. The first-order valence-corrected chi connectivity index (χ1v) is 9.77. The number of rotatable bonds is 1. The third-order valence-corrected chi connectivity index (χ3v) is 5.16. The Kier molecular flexibility index (Phi) is 4.95.